The molecule has 82 valence electrons. The summed E-state index contributed by atoms with van der Waals surface area (Å²) >= 11 is 1.07. The van der Waals surface area contributed by atoms with Crippen LogP contribution in [0.4, 0.5) is 4.39 Å². The molecule has 0 atom stereocenters. The third-order valence-corrected chi connectivity index (χ3v) is 3.09. The summed E-state index contributed by atoms with van der Waals surface area (Å²) in [5, 5.41) is 9.15. The van der Waals surface area contributed by atoms with Crippen LogP contribution in [-0.2, 0) is 6.67 Å². The van der Waals surface area contributed by atoms with Gasteiger partial charge in [-0.05, 0) is 5.56 Å². The van der Waals surface area contributed by atoms with E-state index in [4.69, 9.17) is 5.11 Å². The highest BCUT2D eigenvalue weighted by Gasteiger charge is 2.18. The third-order valence-electron chi connectivity index (χ3n) is 2.02. The highest BCUT2D eigenvalue weighted by Crippen LogP contribution is 2.30. The van der Waals surface area contributed by atoms with Gasteiger partial charge in [0.1, 0.15) is 11.7 Å². The maximum absolute atomic E-state index is 12.5. The number of carboxylic acid groups (broad SMARTS) is 1. The van der Waals surface area contributed by atoms with E-state index in [1.54, 1.807) is 24.3 Å². The molecule has 16 heavy (non-hydrogen) atoms. The molecule has 0 unspecified atom stereocenters. The van der Waals surface area contributed by atoms with Gasteiger partial charge >= 0.3 is 5.97 Å². The molecule has 1 heterocycles. The van der Waals surface area contributed by atoms with Gasteiger partial charge in [-0.2, -0.15) is 0 Å². The number of alkyl halides is 1. The molecule has 0 fully saturated rings. The van der Waals surface area contributed by atoms with Crippen LogP contribution in [0, 0.1) is 0 Å². The van der Waals surface area contributed by atoms with Gasteiger partial charge in [0, 0.05) is 0 Å². The Kier molecular flexibility index (Phi) is 2.96. The Morgan fingerprint density at radius 3 is 2.62 bits per heavy atom. The topological polar surface area (TPSA) is 50.2 Å². The van der Waals surface area contributed by atoms with E-state index in [9.17, 15) is 9.18 Å². The molecule has 2 aromatic rings. The number of halogens is 1. The number of hydrogen-bond donors (Lipinski definition) is 1. The molecule has 1 N–H and O–H groups in total. The zero-order chi connectivity index (χ0) is 11.5. The number of aromatic nitrogens is 1. The van der Waals surface area contributed by atoms with Crippen molar-refractivity contribution >= 4 is 17.3 Å². The third kappa shape index (κ3) is 1.94. The summed E-state index contributed by atoms with van der Waals surface area (Å²) in [4.78, 5) is 15.2. The van der Waals surface area contributed by atoms with Gasteiger partial charge in [0.25, 0.3) is 0 Å². The van der Waals surface area contributed by atoms with E-state index in [-0.39, 0.29) is 10.7 Å². The van der Waals surface area contributed by atoms with Crippen LogP contribution in [0.15, 0.2) is 30.3 Å². The highest BCUT2D eigenvalue weighted by molar-refractivity contribution is 7.15. The normalized spacial score (nSPS) is 10.3. The summed E-state index contributed by atoms with van der Waals surface area (Å²) in [6, 6.07) is 9.00. The van der Waals surface area contributed by atoms with Crippen LogP contribution in [0.1, 0.15) is 15.5 Å². The van der Waals surface area contributed by atoms with Crippen LogP contribution < -0.4 is 0 Å². The van der Waals surface area contributed by atoms with Crippen molar-refractivity contribution in [1.82, 2.24) is 4.98 Å². The largest absolute Gasteiger partial charge is 0.476 e. The van der Waals surface area contributed by atoms with Crippen molar-refractivity contribution in [3.8, 4) is 10.4 Å². The molecule has 1 aromatic carbocycles. The second kappa shape index (κ2) is 4.40. The Labute approximate surface area is 95.2 Å². The number of rotatable bonds is 3. The van der Waals surface area contributed by atoms with E-state index in [0.717, 1.165) is 16.9 Å². The molecule has 5 heteroatoms. The Bertz CT molecular complexity index is 510. The summed E-state index contributed by atoms with van der Waals surface area (Å²) in [5.74, 6) is -1.13. The van der Waals surface area contributed by atoms with E-state index < -0.39 is 12.6 Å². The molecule has 0 bridgehead atoms. The van der Waals surface area contributed by atoms with Crippen LogP contribution in [0.5, 0.6) is 0 Å². The van der Waals surface area contributed by atoms with Gasteiger partial charge in [0.2, 0.25) is 0 Å². The smallest absolute Gasteiger partial charge is 0.356 e. The zero-order valence-electron chi connectivity index (χ0n) is 8.18. The first-order chi connectivity index (χ1) is 7.72. The van der Waals surface area contributed by atoms with Crippen molar-refractivity contribution in [3.63, 3.8) is 0 Å². The monoisotopic (exact) mass is 237 g/mol. The van der Waals surface area contributed by atoms with Gasteiger partial charge in [-0.25, -0.2) is 14.2 Å². The lowest BCUT2D eigenvalue weighted by molar-refractivity contribution is 0.0692. The molecule has 1 aromatic heterocycles. The number of benzene rings is 1. The number of thiazole rings is 1. The maximum Gasteiger partial charge on any atom is 0.356 e. The van der Waals surface area contributed by atoms with Crippen LogP contribution in [0.2, 0.25) is 0 Å². The quantitative estimate of drug-likeness (QED) is 0.892. The molecule has 0 amide bonds. The predicted octanol–water partition coefficient (Wildman–Crippen LogP) is 2.98. The first kappa shape index (κ1) is 10.8. The minimum atomic E-state index is -1.13. The summed E-state index contributed by atoms with van der Waals surface area (Å²) < 4.78 is 12.5. The standard InChI is InChI=1S/C11H8FNO2S/c12-6-8-13-9(11(14)15)10(16-8)7-4-2-1-3-5-7/h1-5H,6H2,(H,14,15). The molecule has 0 saturated carbocycles. The fraction of sp³-hybridized carbons (Fsp3) is 0.0909. The fourth-order valence-corrected chi connectivity index (χ4v) is 2.26. The molecule has 0 aliphatic heterocycles. The molecule has 0 aliphatic carbocycles. The molecule has 0 saturated heterocycles. The first-order valence-corrected chi connectivity index (χ1v) is 5.38. The zero-order valence-corrected chi connectivity index (χ0v) is 9.00. The van der Waals surface area contributed by atoms with Crippen molar-refractivity contribution in [2.24, 2.45) is 0 Å². The molecule has 2 rings (SSSR count). The summed E-state index contributed by atoms with van der Waals surface area (Å²) in [7, 11) is 0. The van der Waals surface area contributed by atoms with Gasteiger partial charge in [0.05, 0.1) is 4.88 Å². The maximum atomic E-state index is 12.5. The van der Waals surface area contributed by atoms with Crippen molar-refractivity contribution in [2.45, 2.75) is 6.67 Å². The van der Waals surface area contributed by atoms with Crippen molar-refractivity contribution in [2.75, 3.05) is 0 Å². The SMILES string of the molecule is O=C(O)c1nc(CF)sc1-c1ccccc1. The first-order valence-electron chi connectivity index (χ1n) is 4.56. The second-order valence-electron chi connectivity index (χ2n) is 3.09. The van der Waals surface area contributed by atoms with E-state index in [1.807, 2.05) is 6.07 Å². The van der Waals surface area contributed by atoms with Crippen LogP contribution >= 0.6 is 11.3 Å². The van der Waals surface area contributed by atoms with Crippen molar-refractivity contribution in [3.05, 3.63) is 41.0 Å². The van der Waals surface area contributed by atoms with Gasteiger partial charge < -0.3 is 5.11 Å². The summed E-state index contributed by atoms with van der Waals surface area (Å²) in [6.45, 7) is -0.738. The number of hydrogen-bond acceptors (Lipinski definition) is 3. The molecule has 3 nitrogen and oxygen atoms in total. The number of carboxylic acids is 1. The van der Waals surface area contributed by atoms with E-state index >= 15 is 0 Å². The average Bonchev–Trinajstić information content (AvgIpc) is 2.74. The van der Waals surface area contributed by atoms with E-state index in [2.05, 4.69) is 4.98 Å². The molecule has 0 aliphatic rings. The predicted molar refractivity (Wildman–Crippen MR) is 59.3 cm³/mol. The molecule has 0 radical (unpaired) electrons. The van der Waals surface area contributed by atoms with Crippen molar-refractivity contribution < 1.29 is 14.3 Å². The average molecular weight is 237 g/mol. The summed E-state index contributed by atoms with van der Waals surface area (Å²) in [5.41, 5.74) is 0.668. The molecular weight excluding hydrogens is 229 g/mol. The molecular formula is C11H8FNO2S. The van der Waals surface area contributed by atoms with Gasteiger partial charge in [0.15, 0.2) is 5.69 Å². The number of aromatic carboxylic acids is 1. The minimum absolute atomic E-state index is 0.0798. The van der Waals surface area contributed by atoms with E-state index in [0.29, 0.717) is 4.88 Å². The molecule has 0 spiro atoms. The second-order valence-corrected chi connectivity index (χ2v) is 4.17. The Morgan fingerprint density at radius 2 is 2.06 bits per heavy atom. The number of nitrogens with zero attached hydrogens (tertiary/aromatic N) is 1. The highest BCUT2D eigenvalue weighted by atomic mass is 32.1. The minimum Gasteiger partial charge on any atom is -0.476 e. The summed E-state index contributed by atoms with van der Waals surface area (Å²) in [6.07, 6.45) is 0. The van der Waals surface area contributed by atoms with Crippen molar-refractivity contribution in [1.29, 1.82) is 0 Å². The Hall–Kier alpha value is -1.75. The van der Waals surface area contributed by atoms with Gasteiger partial charge in [-0.1, -0.05) is 30.3 Å². The van der Waals surface area contributed by atoms with Crippen LogP contribution in [0.25, 0.3) is 10.4 Å². The lowest BCUT2D eigenvalue weighted by atomic mass is 10.1. The fourth-order valence-electron chi connectivity index (χ4n) is 1.35. The van der Waals surface area contributed by atoms with Crippen LogP contribution in [0.3, 0.4) is 0 Å². The number of carbonyl (C=O) groups is 1. The lowest BCUT2D eigenvalue weighted by Crippen LogP contribution is -1.98. The lowest BCUT2D eigenvalue weighted by Gasteiger charge is -1.97. The van der Waals surface area contributed by atoms with Crippen LogP contribution in [-0.4, -0.2) is 16.1 Å². The van der Waals surface area contributed by atoms with Gasteiger partial charge in [-0.3, -0.25) is 0 Å². The van der Waals surface area contributed by atoms with E-state index in [1.165, 1.54) is 0 Å². The van der Waals surface area contributed by atoms with Gasteiger partial charge in [-0.15, -0.1) is 11.3 Å². The Morgan fingerprint density at radius 1 is 1.38 bits per heavy atom. The Balaban J connectivity index is 2.55.